The van der Waals surface area contributed by atoms with Crippen LogP contribution in [0.1, 0.15) is 47.1 Å². The van der Waals surface area contributed by atoms with Gasteiger partial charge < -0.3 is 13.6 Å². The second-order valence-corrected chi connectivity index (χ2v) is 12.7. The minimum Gasteiger partial charge on any atom is -0.518 e. The van der Waals surface area contributed by atoms with Crippen LogP contribution in [0.3, 0.4) is 0 Å². The molecule has 0 atom stereocenters. The van der Waals surface area contributed by atoms with Gasteiger partial charge in [0.15, 0.2) is 5.75 Å². The largest absolute Gasteiger partial charge is 0.518 e. The Balaban J connectivity index is 2.09. The van der Waals surface area contributed by atoms with Gasteiger partial charge in [0, 0.05) is 0 Å². The summed E-state index contributed by atoms with van der Waals surface area (Å²) in [7, 11) is -1.99. The Morgan fingerprint density at radius 3 is 2.04 bits per heavy atom. The SMILES string of the molecule is CC(C)[Si](Oc1cc(OCc2ccccc2)co1)(C(C)C)C(C)C. The molecule has 4 heteroatoms. The molecule has 1 heterocycles. The first-order valence-electron chi connectivity index (χ1n) is 8.80. The highest BCUT2D eigenvalue weighted by Gasteiger charge is 2.47. The smallest absolute Gasteiger partial charge is 0.274 e. The molecule has 0 amide bonds. The summed E-state index contributed by atoms with van der Waals surface area (Å²) in [6, 6.07) is 12.0. The molecular weight excluding hydrogens is 316 g/mol. The van der Waals surface area contributed by atoms with Gasteiger partial charge in [-0.1, -0.05) is 71.9 Å². The fourth-order valence-corrected chi connectivity index (χ4v) is 8.86. The first kappa shape index (κ1) is 18.7. The molecule has 1 aromatic heterocycles. The van der Waals surface area contributed by atoms with Crippen molar-refractivity contribution in [1.82, 2.24) is 0 Å². The highest BCUT2D eigenvalue weighted by atomic mass is 28.4. The number of rotatable bonds is 8. The zero-order valence-corrected chi connectivity index (χ0v) is 16.7. The molecule has 2 aromatic rings. The van der Waals surface area contributed by atoms with E-state index in [0.29, 0.717) is 34.9 Å². The number of ether oxygens (including phenoxy) is 1. The predicted molar refractivity (Wildman–Crippen MR) is 101 cm³/mol. The molecule has 0 N–H and O–H groups in total. The maximum Gasteiger partial charge on any atom is 0.274 e. The van der Waals surface area contributed by atoms with Crippen molar-refractivity contribution in [3.8, 4) is 11.7 Å². The third-order valence-corrected chi connectivity index (χ3v) is 10.8. The van der Waals surface area contributed by atoms with Crippen LogP contribution in [-0.2, 0) is 6.61 Å². The van der Waals surface area contributed by atoms with Gasteiger partial charge in [-0.05, 0) is 22.2 Å². The van der Waals surface area contributed by atoms with Crippen molar-refractivity contribution >= 4 is 8.32 Å². The van der Waals surface area contributed by atoms with E-state index in [1.165, 1.54) is 0 Å². The molecule has 0 saturated heterocycles. The van der Waals surface area contributed by atoms with Crippen LogP contribution in [0.25, 0.3) is 0 Å². The molecule has 2 rings (SSSR count). The van der Waals surface area contributed by atoms with Gasteiger partial charge in [0.1, 0.15) is 12.9 Å². The van der Waals surface area contributed by atoms with Crippen molar-refractivity contribution in [2.75, 3.05) is 0 Å². The summed E-state index contributed by atoms with van der Waals surface area (Å²) in [6.07, 6.45) is 1.64. The Morgan fingerprint density at radius 1 is 0.917 bits per heavy atom. The molecule has 0 aliphatic heterocycles. The Bertz CT molecular complexity index is 595. The lowest BCUT2D eigenvalue weighted by atomic mass is 10.2. The molecule has 24 heavy (non-hydrogen) atoms. The molecule has 0 fully saturated rings. The predicted octanol–water partition coefficient (Wildman–Crippen LogP) is 6.41. The molecule has 0 unspecified atom stereocenters. The number of benzene rings is 1. The number of furan rings is 1. The van der Waals surface area contributed by atoms with Crippen LogP contribution < -0.4 is 9.16 Å². The van der Waals surface area contributed by atoms with E-state index in [4.69, 9.17) is 13.6 Å². The Hall–Kier alpha value is -1.68. The van der Waals surface area contributed by atoms with Crippen molar-refractivity contribution in [1.29, 1.82) is 0 Å². The highest BCUT2D eigenvalue weighted by Crippen LogP contribution is 2.43. The monoisotopic (exact) mass is 346 g/mol. The van der Waals surface area contributed by atoms with Crippen LogP contribution in [0.4, 0.5) is 0 Å². The summed E-state index contributed by atoms with van der Waals surface area (Å²) in [4.78, 5) is 0. The molecule has 0 aliphatic carbocycles. The fraction of sp³-hybridized carbons (Fsp3) is 0.500. The summed E-state index contributed by atoms with van der Waals surface area (Å²) in [5.74, 6) is 1.30. The lowest BCUT2D eigenvalue weighted by Gasteiger charge is -2.41. The third kappa shape index (κ3) is 4.04. The molecule has 0 aliphatic rings. The lowest BCUT2D eigenvalue weighted by molar-refractivity contribution is 0.301. The van der Waals surface area contributed by atoms with Crippen LogP contribution in [0.15, 0.2) is 47.1 Å². The standard InChI is InChI=1S/C20H30O3Si/c1-15(2)24(16(3)4,17(5)6)23-20-12-19(14-22-20)21-13-18-10-8-7-9-11-18/h7-12,14-17H,13H2,1-6H3. The van der Waals surface area contributed by atoms with Crippen molar-refractivity contribution < 1.29 is 13.6 Å². The molecule has 3 nitrogen and oxygen atoms in total. The number of hydrogen-bond acceptors (Lipinski definition) is 3. The zero-order valence-electron chi connectivity index (χ0n) is 15.7. The quantitative estimate of drug-likeness (QED) is 0.517. The van der Waals surface area contributed by atoms with Gasteiger partial charge in [-0.2, -0.15) is 0 Å². The van der Waals surface area contributed by atoms with Crippen LogP contribution in [-0.4, -0.2) is 8.32 Å². The molecule has 0 spiro atoms. The molecule has 132 valence electrons. The van der Waals surface area contributed by atoms with E-state index in [0.717, 1.165) is 5.56 Å². The molecule has 0 saturated carbocycles. The van der Waals surface area contributed by atoms with E-state index in [1.807, 2.05) is 36.4 Å². The van der Waals surface area contributed by atoms with Gasteiger partial charge >= 0.3 is 0 Å². The maximum absolute atomic E-state index is 6.51. The van der Waals surface area contributed by atoms with E-state index in [9.17, 15) is 0 Å². The van der Waals surface area contributed by atoms with Crippen molar-refractivity contribution in [3.05, 3.63) is 48.2 Å². The average molecular weight is 347 g/mol. The Morgan fingerprint density at radius 2 is 1.50 bits per heavy atom. The first-order valence-corrected chi connectivity index (χ1v) is 10.9. The summed E-state index contributed by atoms with van der Waals surface area (Å²) >= 11 is 0. The second-order valence-electron chi connectivity index (χ2n) is 7.30. The van der Waals surface area contributed by atoms with Crippen molar-refractivity contribution in [2.24, 2.45) is 0 Å². The maximum atomic E-state index is 6.51. The molecule has 1 aromatic carbocycles. The van der Waals surface area contributed by atoms with Crippen LogP contribution in [0.5, 0.6) is 11.7 Å². The fourth-order valence-electron chi connectivity index (χ4n) is 3.70. The van der Waals surface area contributed by atoms with Crippen LogP contribution in [0, 0.1) is 0 Å². The van der Waals surface area contributed by atoms with Gasteiger partial charge in [-0.3, -0.25) is 0 Å². The van der Waals surface area contributed by atoms with Gasteiger partial charge in [-0.25, -0.2) is 0 Å². The first-order chi connectivity index (χ1) is 11.4. The van der Waals surface area contributed by atoms with Crippen molar-refractivity contribution in [3.63, 3.8) is 0 Å². The van der Waals surface area contributed by atoms with E-state index in [1.54, 1.807) is 6.26 Å². The van der Waals surface area contributed by atoms with E-state index in [2.05, 4.69) is 41.5 Å². The molecule has 0 bridgehead atoms. The van der Waals surface area contributed by atoms with Crippen molar-refractivity contribution in [2.45, 2.75) is 64.8 Å². The van der Waals surface area contributed by atoms with Crippen LogP contribution >= 0.6 is 0 Å². The van der Waals surface area contributed by atoms with Crippen LogP contribution in [0.2, 0.25) is 16.6 Å². The molecule has 0 radical (unpaired) electrons. The summed E-state index contributed by atoms with van der Waals surface area (Å²) in [5.41, 5.74) is 2.67. The average Bonchev–Trinajstić information content (AvgIpc) is 2.98. The van der Waals surface area contributed by atoms with E-state index in [-0.39, 0.29) is 0 Å². The number of hydrogen-bond donors (Lipinski definition) is 0. The van der Waals surface area contributed by atoms with E-state index < -0.39 is 8.32 Å². The van der Waals surface area contributed by atoms with Gasteiger partial charge in [-0.15, -0.1) is 0 Å². The minimum absolute atomic E-state index is 0.510. The van der Waals surface area contributed by atoms with Gasteiger partial charge in [0.25, 0.3) is 14.3 Å². The zero-order chi connectivity index (χ0) is 17.7. The summed E-state index contributed by atoms with van der Waals surface area (Å²) in [6.45, 7) is 14.1. The minimum atomic E-state index is -1.99. The topological polar surface area (TPSA) is 31.6 Å². The van der Waals surface area contributed by atoms with E-state index >= 15 is 0 Å². The lowest BCUT2D eigenvalue weighted by Crippen LogP contribution is -2.50. The van der Waals surface area contributed by atoms with Gasteiger partial charge in [0.2, 0.25) is 0 Å². The van der Waals surface area contributed by atoms with Gasteiger partial charge in [0.05, 0.1) is 6.07 Å². The Kier molecular flexibility index (Phi) is 6.16. The highest BCUT2D eigenvalue weighted by molar-refractivity contribution is 6.78. The second kappa shape index (κ2) is 7.93. The Labute approximate surface area is 147 Å². The summed E-state index contributed by atoms with van der Waals surface area (Å²) in [5, 5.41) is 0. The molecular formula is C20H30O3Si. The normalized spacial score (nSPS) is 12.2. The summed E-state index contributed by atoms with van der Waals surface area (Å²) < 4.78 is 18.0. The third-order valence-electron chi connectivity index (χ3n) is 4.78.